The van der Waals surface area contributed by atoms with Crippen LogP contribution in [0.5, 0.6) is 0 Å². The monoisotopic (exact) mass is 202 g/mol. The van der Waals surface area contributed by atoms with Crippen LogP contribution >= 0.6 is 0 Å². The standard InChI is InChI=1S/C10H18O4/c1-3-10(13,9(11)12)7(2)8-4-5-14-6-8/h7-8,13H,3-6H2,1-2H3,(H,11,12). The molecule has 0 radical (unpaired) electrons. The van der Waals surface area contributed by atoms with Crippen LogP contribution < -0.4 is 0 Å². The number of carboxylic acids is 1. The highest BCUT2D eigenvalue weighted by Gasteiger charge is 2.44. The molecule has 3 atom stereocenters. The lowest BCUT2D eigenvalue weighted by atomic mass is 9.77. The number of ether oxygens (including phenoxy) is 1. The van der Waals surface area contributed by atoms with Crippen LogP contribution in [0.15, 0.2) is 0 Å². The van der Waals surface area contributed by atoms with E-state index in [2.05, 4.69) is 0 Å². The number of hydrogen-bond donors (Lipinski definition) is 2. The normalized spacial score (nSPS) is 28.4. The van der Waals surface area contributed by atoms with Crippen molar-refractivity contribution in [3.8, 4) is 0 Å². The van der Waals surface area contributed by atoms with Crippen molar-refractivity contribution < 1.29 is 19.7 Å². The second-order valence-electron chi connectivity index (χ2n) is 4.00. The van der Waals surface area contributed by atoms with Gasteiger partial charge in [-0.05, 0) is 18.8 Å². The zero-order chi connectivity index (χ0) is 10.8. The lowest BCUT2D eigenvalue weighted by Crippen LogP contribution is -2.47. The first-order valence-electron chi connectivity index (χ1n) is 5.06. The fourth-order valence-corrected chi connectivity index (χ4v) is 2.00. The number of rotatable bonds is 4. The van der Waals surface area contributed by atoms with E-state index in [0.717, 1.165) is 6.42 Å². The molecule has 0 saturated carbocycles. The molecule has 0 bridgehead atoms. The topological polar surface area (TPSA) is 66.8 Å². The molecule has 1 aliphatic rings. The molecular weight excluding hydrogens is 184 g/mol. The van der Waals surface area contributed by atoms with Gasteiger partial charge in [0.1, 0.15) is 0 Å². The summed E-state index contributed by atoms with van der Waals surface area (Å²) in [5.41, 5.74) is -1.60. The second kappa shape index (κ2) is 4.28. The van der Waals surface area contributed by atoms with Gasteiger partial charge in [-0.1, -0.05) is 13.8 Å². The molecule has 1 rings (SSSR count). The van der Waals surface area contributed by atoms with Gasteiger partial charge in [0.15, 0.2) is 5.60 Å². The van der Waals surface area contributed by atoms with Crippen molar-refractivity contribution in [3.05, 3.63) is 0 Å². The van der Waals surface area contributed by atoms with Gasteiger partial charge in [-0.25, -0.2) is 4.79 Å². The van der Waals surface area contributed by atoms with Crippen LogP contribution in [-0.2, 0) is 9.53 Å². The Bertz CT molecular complexity index is 210. The minimum atomic E-state index is -1.60. The van der Waals surface area contributed by atoms with Gasteiger partial charge < -0.3 is 14.9 Å². The maximum absolute atomic E-state index is 11.0. The van der Waals surface area contributed by atoms with Gasteiger partial charge in [0.2, 0.25) is 0 Å². The fourth-order valence-electron chi connectivity index (χ4n) is 2.00. The molecule has 0 spiro atoms. The predicted molar refractivity (Wildman–Crippen MR) is 51.0 cm³/mol. The highest BCUT2D eigenvalue weighted by molar-refractivity contribution is 5.77. The van der Waals surface area contributed by atoms with E-state index in [1.54, 1.807) is 13.8 Å². The summed E-state index contributed by atoms with van der Waals surface area (Å²) in [6, 6.07) is 0. The Labute approximate surface area is 83.9 Å². The molecule has 0 aromatic carbocycles. The van der Waals surface area contributed by atoms with E-state index in [-0.39, 0.29) is 18.3 Å². The lowest BCUT2D eigenvalue weighted by molar-refractivity contribution is -0.167. The van der Waals surface area contributed by atoms with Crippen LogP contribution in [0.4, 0.5) is 0 Å². The van der Waals surface area contributed by atoms with E-state index in [9.17, 15) is 9.90 Å². The average Bonchev–Trinajstić information content (AvgIpc) is 2.67. The Morgan fingerprint density at radius 2 is 2.36 bits per heavy atom. The third kappa shape index (κ3) is 1.91. The molecule has 1 heterocycles. The smallest absolute Gasteiger partial charge is 0.335 e. The number of carboxylic acid groups (broad SMARTS) is 1. The zero-order valence-corrected chi connectivity index (χ0v) is 8.69. The first kappa shape index (κ1) is 11.5. The van der Waals surface area contributed by atoms with Crippen molar-refractivity contribution in [3.63, 3.8) is 0 Å². The first-order valence-corrected chi connectivity index (χ1v) is 5.06. The molecule has 4 nitrogen and oxygen atoms in total. The minimum absolute atomic E-state index is 0.163. The summed E-state index contributed by atoms with van der Waals surface area (Å²) in [7, 11) is 0. The van der Waals surface area contributed by atoms with Gasteiger partial charge in [-0.15, -0.1) is 0 Å². The van der Waals surface area contributed by atoms with Crippen molar-refractivity contribution in [1.82, 2.24) is 0 Å². The molecule has 1 aliphatic heterocycles. The van der Waals surface area contributed by atoms with E-state index < -0.39 is 11.6 Å². The number of carbonyl (C=O) groups is 1. The third-order valence-electron chi connectivity index (χ3n) is 3.33. The van der Waals surface area contributed by atoms with Crippen LogP contribution in [0.3, 0.4) is 0 Å². The molecular formula is C10H18O4. The molecule has 82 valence electrons. The van der Waals surface area contributed by atoms with Crippen molar-refractivity contribution in [1.29, 1.82) is 0 Å². The van der Waals surface area contributed by atoms with Gasteiger partial charge in [-0.2, -0.15) is 0 Å². The summed E-state index contributed by atoms with van der Waals surface area (Å²) in [5, 5.41) is 18.9. The highest BCUT2D eigenvalue weighted by Crippen LogP contribution is 2.32. The largest absolute Gasteiger partial charge is 0.479 e. The molecule has 0 aromatic rings. The molecule has 2 N–H and O–H groups in total. The zero-order valence-electron chi connectivity index (χ0n) is 8.69. The fraction of sp³-hybridized carbons (Fsp3) is 0.900. The van der Waals surface area contributed by atoms with E-state index >= 15 is 0 Å². The van der Waals surface area contributed by atoms with Crippen LogP contribution in [0.1, 0.15) is 26.7 Å². The molecule has 1 fully saturated rings. The summed E-state index contributed by atoms with van der Waals surface area (Å²) in [6.45, 7) is 4.72. The molecule has 3 unspecified atom stereocenters. The van der Waals surface area contributed by atoms with Crippen molar-refractivity contribution in [2.75, 3.05) is 13.2 Å². The quantitative estimate of drug-likeness (QED) is 0.710. The summed E-state index contributed by atoms with van der Waals surface area (Å²) < 4.78 is 5.19. The highest BCUT2D eigenvalue weighted by atomic mass is 16.5. The van der Waals surface area contributed by atoms with Gasteiger partial charge in [0, 0.05) is 19.1 Å². The van der Waals surface area contributed by atoms with Crippen LogP contribution in [-0.4, -0.2) is 35.0 Å². The lowest BCUT2D eigenvalue weighted by Gasteiger charge is -2.32. The SMILES string of the molecule is CCC(O)(C(=O)O)C(C)C1CCOC1. The third-order valence-corrected chi connectivity index (χ3v) is 3.33. The minimum Gasteiger partial charge on any atom is -0.479 e. The average molecular weight is 202 g/mol. The molecule has 4 heteroatoms. The summed E-state index contributed by atoms with van der Waals surface area (Å²) in [4.78, 5) is 11.0. The van der Waals surface area contributed by atoms with Crippen molar-refractivity contribution >= 4 is 5.97 Å². The summed E-state index contributed by atoms with van der Waals surface area (Å²) >= 11 is 0. The Hall–Kier alpha value is -0.610. The van der Waals surface area contributed by atoms with Crippen LogP contribution in [0.25, 0.3) is 0 Å². The maximum atomic E-state index is 11.0. The Morgan fingerprint density at radius 1 is 1.71 bits per heavy atom. The van der Waals surface area contributed by atoms with Crippen LogP contribution in [0, 0.1) is 11.8 Å². The number of aliphatic carboxylic acids is 1. The summed E-state index contributed by atoms with van der Waals surface area (Å²) in [5.74, 6) is -1.22. The molecule has 0 aromatic heterocycles. The van der Waals surface area contributed by atoms with Crippen molar-refractivity contribution in [2.45, 2.75) is 32.3 Å². The molecule has 1 saturated heterocycles. The van der Waals surface area contributed by atoms with Gasteiger partial charge in [0.25, 0.3) is 0 Å². The summed E-state index contributed by atoms with van der Waals surface area (Å²) in [6.07, 6.45) is 1.08. The van der Waals surface area contributed by atoms with Gasteiger partial charge in [-0.3, -0.25) is 0 Å². The number of hydrogen-bond acceptors (Lipinski definition) is 3. The Morgan fingerprint density at radius 3 is 2.71 bits per heavy atom. The van der Waals surface area contributed by atoms with E-state index in [4.69, 9.17) is 9.84 Å². The van der Waals surface area contributed by atoms with E-state index in [1.807, 2.05) is 0 Å². The van der Waals surface area contributed by atoms with E-state index in [1.165, 1.54) is 0 Å². The Kier molecular flexibility index (Phi) is 3.50. The first-order chi connectivity index (χ1) is 6.52. The van der Waals surface area contributed by atoms with E-state index in [0.29, 0.717) is 13.2 Å². The molecule has 0 aliphatic carbocycles. The van der Waals surface area contributed by atoms with Gasteiger partial charge >= 0.3 is 5.97 Å². The Balaban J connectivity index is 2.72. The second-order valence-corrected chi connectivity index (χ2v) is 4.00. The van der Waals surface area contributed by atoms with Crippen molar-refractivity contribution in [2.24, 2.45) is 11.8 Å². The van der Waals surface area contributed by atoms with Crippen LogP contribution in [0.2, 0.25) is 0 Å². The molecule has 0 amide bonds. The number of aliphatic hydroxyl groups is 1. The predicted octanol–water partition coefficient (Wildman–Crippen LogP) is 0.885. The molecule has 14 heavy (non-hydrogen) atoms. The maximum Gasteiger partial charge on any atom is 0.335 e. The van der Waals surface area contributed by atoms with Gasteiger partial charge in [0.05, 0.1) is 0 Å².